The van der Waals surface area contributed by atoms with Gasteiger partial charge in [0.25, 0.3) is 0 Å². The molecule has 0 unspecified atom stereocenters. The highest BCUT2D eigenvalue weighted by atomic mass is 19.4. The van der Waals surface area contributed by atoms with Crippen molar-refractivity contribution in [1.82, 2.24) is 0 Å². The van der Waals surface area contributed by atoms with Crippen molar-refractivity contribution in [1.29, 1.82) is 0 Å². The largest absolute Gasteiger partial charge is 0.416 e. The minimum absolute atomic E-state index is 0.141. The van der Waals surface area contributed by atoms with E-state index in [-0.39, 0.29) is 17.4 Å². The number of rotatable bonds is 3. The molecule has 1 nitrogen and oxygen atoms in total. The van der Waals surface area contributed by atoms with E-state index in [0.717, 1.165) is 18.9 Å². The van der Waals surface area contributed by atoms with Gasteiger partial charge in [-0.2, -0.15) is 13.2 Å². The Morgan fingerprint density at radius 3 is 2.35 bits per heavy atom. The molecule has 17 heavy (non-hydrogen) atoms. The van der Waals surface area contributed by atoms with Gasteiger partial charge in [-0.15, -0.1) is 0 Å². The second kappa shape index (κ2) is 3.98. The van der Waals surface area contributed by atoms with Crippen molar-refractivity contribution in [2.24, 2.45) is 11.1 Å². The smallest absolute Gasteiger partial charge is 0.330 e. The lowest BCUT2D eigenvalue weighted by molar-refractivity contribution is -0.138. The van der Waals surface area contributed by atoms with Crippen LogP contribution in [-0.2, 0) is 12.6 Å². The van der Waals surface area contributed by atoms with Crippen molar-refractivity contribution in [3.63, 3.8) is 0 Å². The minimum Gasteiger partial charge on any atom is -0.330 e. The van der Waals surface area contributed by atoms with Gasteiger partial charge in [-0.3, -0.25) is 0 Å². The normalized spacial score (nSPS) is 18.2. The average Bonchev–Trinajstić information content (AvgIpc) is 3.00. The molecule has 0 saturated heterocycles. The zero-order valence-corrected chi connectivity index (χ0v) is 9.15. The van der Waals surface area contributed by atoms with Gasteiger partial charge in [0.2, 0.25) is 0 Å². The van der Waals surface area contributed by atoms with Crippen molar-refractivity contribution in [2.75, 3.05) is 6.54 Å². The number of hydrogen-bond acceptors (Lipinski definition) is 1. The quantitative estimate of drug-likeness (QED) is 0.816. The van der Waals surface area contributed by atoms with Crippen LogP contribution >= 0.6 is 0 Å². The van der Waals surface area contributed by atoms with Crippen molar-refractivity contribution >= 4 is 0 Å². The van der Waals surface area contributed by atoms with E-state index in [0.29, 0.717) is 12.6 Å². The molecule has 5 heteroatoms. The van der Waals surface area contributed by atoms with Gasteiger partial charge in [-0.05, 0) is 48.9 Å². The first-order valence-corrected chi connectivity index (χ1v) is 5.42. The Labute approximate surface area is 96.6 Å². The van der Waals surface area contributed by atoms with Gasteiger partial charge in [-0.25, -0.2) is 4.39 Å². The van der Waals surface area contributed by atoms with Crippen LogP contribution in [0.1, 0.15) is 24.0 Å². The van der Waals surface area contributed by atoms with E-state index in [1.165, 1.54) is 6.07 Å². The second-order valence-electron chi connectivity index (χ2n) is 4.68. The molecule has 94 valence electrons. The molecule has 1 aromatic carbocycles. The summed E-state index contributed by atoms with van der Waals surface area (Å²) in [6.07, 6.45) is -2.54. The lowest BCUT2D eigenvalue weighted by Gasteiger charge is -2.17. The summed E-state index contributed by atoms with van der Waals surface area (Å²) in [6, 6.07) is 2.84. The fourth-order valence-corrected chi connectivity index (χ4v) is 2.00. The molecule has 0 heterocycles. The molecule has 0 atom stereocenters. The van der Waals surface area contributed by atoms with Crippen LogP contribution in [0.25, 0.3) is 0 Å². The number of alkyl halides is 3. The first-order valence-electron chi connectivity index (χ1n) is 5.42. The van der Waals surface area contributed by atoms with Crippen molar-refractivity contribution in [2.45, 2.75) is 25.4 Å². The SMILES string of the molecule is NCC1(Cc2ccc(F)cc2C(F)(F)F)CC1. The molecule has 0 aliphatic heterocycles. The predicted octanol–water partition coefficient (Wildman–Crippen LogP) is 3.13. The summed E-state index contributed by atoms with van der Waals surface area (Å²) in [5.41, 5.74) is 4.62. The zero-order valence-electron chi connectivity index (χ0n) is 9.15. The Bertz CT molecular complexity index is 421. The molecule has 1 aliphatic carbocycles. The van der Waals surface area contributed by atoms with Crippen molar-refractivity contribution in [3.05, 3.63) is 35.1 Å². The van der Waals surface area contributed by atoms with E-state index < -0.39 is 17.6 Å². The molecule has 1 aliphatic rings. The van der Waals surface area contributed by atoms with E-state index in [1.54, 1.807) is 0 Å². The molecule has 2 rings (SSSR count). The van der Waals surface area contributed by atoms with Crippen LogP contribution in [0, 0.1) is 11.2 Å². The maximum atomic E-state index is 12.9. The third-order valence-corrected chi connectivity index (χ3v) is 3.33. The van der Waals surface area contributed by atoms with Crippen LogP contribution in [0.2, 0.25) is 0 Å². The summed E-state index contributed by atoms with van der Waals surface area (Å²) in [5.74, 6) is -0.862. The third kappa shape index (κ3) is 2.60. The summed E-state index contributed by atoms with van der Waals surface area (Å²) in [7, 11) is 0. The van der Waals surface area contributed by atoms with Crippen LogP contribution in [0.5, 0.6) is 0 Å². The molecule has 0 spiro atoms. The van der Waals surface area contributed by atoms with Gasteiger partial charge in [0.05, 0.1) is 5.56 Å². The van der Waals surface area contributed by atoms with Gasteiger partial charge in [0.15, 0.2) is 0 Å². The van der Waals surface area contributed by atoms with E-state index in [1.807, 2.05) is 0 Å². The minimum atomic E-state index is -4.51. The first-order chi connectivity index (χ1) is 7.86. The topological polar surface area (TPSA) is 26.0 Å². The zero-order chi connectivity index (χ0) is 12.7. The van der Waals surface area contributed by atoms with Gasteiger partial charge in [0.1, 0.15) is 5.82 Å². The monoisotopic (exact) mass is 247 g/mol. The summed E-state index contributed by atoms with van der Waals surface area (Å²) in [6.45, 7) is 0.377. The Morgan fingerprint density at radius 2 is 1.88 bits per heavy atom. The van der Waals surface area contributed by atoms with E-state index >= 15 is 0 Å². The lowest BCUT2D eigenvalue weighted by Crippen LogP contribution is -2.20. The molecular formula is C12H13F4N. The Hall–Kier alpha value is -1.10. The van der Waals surface area contributed by atoms with Crippen LogP contribution in [0.4, 0.5) is 17.6 Å². The van der Waals surface area contributed by atoms with Gasteiger partial charge < -0.3 is 5.73 Å². The maximum Gasteiger partial charge on any atom is 0.416 e. The number of benzene rings is 1. The van der Waals surface area contributed by atoms with E-state index in [9.17, 15) is 17.6 Å². The number of hydrogen-bond donors (Lipinski definition) is 1. The number of halogens is 4. The Kier molecular flexibility index (Phi) is 2.89. The standard InChI is InChI=1S/C12H13F4N/c13-9-2-1-8(6-11(7-17)3-4-11)10(5-9)12(14,15)16/h1-2,5H,3-4,6-7,17H2. The third-order valence-electron chi connectivity index (χ3n) is 3.33. The summed E-state index contributed by atoms with van der Waals surface area (Å²) in [4.78, 5) is 0. The molecule has 1 aromatic rings. The lowest BCUT2D eigenvalue weighted by atomic mass is 9.93. The van der Waals surface area contributed by atoms with Gasteiger partial charge >= 0.3 is 6.18 Å². The van der Waals surface area contributed by atoms with Crippen LogP contribution < -0.4 is 5.73 Å². The van der Waals surface area contributed by atoms with E-state index in [2.05, 4.69) is 0 Å². The molecule has 0 aromatic heterocycles. The van der Waals surface area contributed by atoms with E-state index in [4.69, 9.17) is 5.73 Å². The fraction of sp³-hybridized carbons (Fsp3) is 0.500. The molecule has 0 bridgehead atoms. The highest BCUT2D eigenvalue weighted by Gasteiger charge is 2.43. The van der Waals surface area contributed by atoms with Crippen LogP contribution in [-0.4, -0.2) is 6.54 Å². The Morgan fingerprint density at radius 1 is 1.24 bits per heavy atom. The average molecular weight is 247 g/mol. The molecule has 2 N–H and O–H groups in total. The molecular weight excluding hydrogens is 234 g/mol. The fourth-order valence-electron chi connectivity index (χ4n) is 2.00. The molecule has 0 amide bonds. The first kappa shape index (κ1) is 12.4. The van der Waals surface area contributed by atoms with Crippen LogP contribution in [0.15, 0.2) is 18.2 Å². The summed E-state index contributed by atoms with van der Waals surface area (Å²) >= 11 is 0. The highest BCUT2D eigenvalue weighted by molar-refractivity contribution is 5.32. The van der Waals surface area contributed by atoms with Crippen molar-refractivity contribution in [3.8, 4) is 0 Å². The summed E-state index contributed by atoms with van der Waals surface area (Å²) in [5, 5.41) is 0. The van der Waals surface area contributed by atoms with Crippen molar-refractivity contribution < 1.29 is 17.6 Å². The molecule has 1 saturated carbocycles. The van der Waals surface area contributed by atoms with Gasteiger partial charge in [-0.1, -0.05) is 6.07 Å². The Balaban J connectivity index is 2.33. The second-order valence-corrected chi connectivity index (χ2v) is 4.68. The van der Waals surface area contributed by atoms with Crippen LogP contribution in [0.3, 0.4) is 0 Å². The predicted molar refractivity (Wildman–Crippen MR) is 55.8 cm³/mol. The molecule has 0 radical (unpaired) electrons. The number of nitrogens with two attached hydrogens (primary N) is 1. The summed E-state index contributed by atoms with van der Waals surface area (Å²) < 4.78 is 51.1. The molecule has 1 fully saturated rings. The highest BCUT2D eigenvalue weighted by Crippen LogP contribution is 2.48. The van der Waals surface area contributed by atoms with Gasteiger partial charge in [0, 0.05) is 0 Å². The maximum absolute atomic E-state index is 12.9.